The summed E-state index contributed by atoms with van der Waals surface area (Å²) in [4.78, 5) is 26.7. The van der Waals surface area contributed by atoms with Crippen LogP contribution in [0.2, 0.25) is 0 Å². The molecule has 1 aromatic carbocycles. The van der Waals surface area contributed by atoms with E-state index in [-0.39, 0.29) is 17.0 Å². The third-order valence-electron chi connectivity index (χ3n) is 3.09. The molecular formula is C16H12N2O4. The van der Waals surface area contributed by atoms with Crippen molar-refractivity contribution < 1.29 is 14.3 Å². The van der Waals surface area contributed by atoms with Crippen molar-refractivity contribution in [3.8, 4) is 17.2 Å². The van der Waals surface area contributed by atoms with Crippen molar-refractivity contribution in [3.05, 3.63) is 70.7 Å². The van der Waals surface area contributed by atoms with Crippen LogP contribution < -0.4 is 10.9 Å². The highest BCUT2D eigenvalue weighted by Crippen LogP contribution is 2.22. The molecule has 0 bridgehead atoms. The van der Waals surface area contributed by atoms with Crippen LogP contribution in [0.5, 0.6) is 5.75 Å². The minimum absolute atomic E-state index is 0.0569. The van der Waals surface area contributed by atoms with Gasteiger partial charge in [-0.25, -0.2) is 0 Å². The molecule has 6 nitrogen and oxygen atoms in total. The number of furan rings is 1. The lowest BCUT2D eigenvalue weighted by atomic mass is 10.2. The van der Waals surface area contributed by atoms with Crippen molar-refractivity contribution in [2.75, 3.05) is 5.32 Å². The standard InChI is InChI=1S/C16H12N2O4/c19-13-5-2-1-4-11(13)17-15(20)10-7-8-12(18-16(10)21)14-6-3-9-22-14/h1-9,19H,(H,17,20)(H,18,21). The van der Waals surface area contributed by atoms with Gasteiger partial charge in [-0.1, -0.05) is 12.1 Å². The third kappa shape index (κ3) is 2.62. The molecule has 0 aliphatic carbocycles. The minimum Gasteiger partial charge on any atom is -0.506 e. The van der Waals surface area contributed by atoms with E-state index in [0.717, 1.165) is 0 Å². The van der Waals surface area contributed by atoms with E-state index in [1.54, 1.807) is 36.4 Å². The average Bonchev–Trinajstić information content (AvgIpc) is 3.03. The molecule has 1 amide bonds. The van der Waals surface area contributed by atoms with Gasteiger partial charge in [0.2, 0.25) is 0 Å². The van der Waals surface area contributed by atoms with E-state index < -0.39 is 11.5 Å². The minimum atomic E-state index is -0.603. The number of phenols is 1. The number of aromatic hydroxyl groups is 1. The van der Waals surface area contributed by atoms with Gasteiger partial charge in [0, 0.05) is 0 Å². The van der Waals surface area contributed by atoms with Gasteiger partial charge in [0.25, 0.3) is 11.5 Å². The van der Waals surface area contributed by atoms with Gasteiger partial charge >= 0.3 is 0 Å². The van der Waals surface area contributed by atoms with Crippen LogP contribution in [-0.2, 0) is 0 Å². The fourth-order valence-electron chi connectivity index (χ4n) is 2.00. The van der Waals surface area contributed by atoms with Crippen LogP contribution in [0.1, 0.15) is 10.4 Å². The fourth-order valence-corrected chi connectivity index (χ4v) is 2.00. The number of pyridine rings is 1. The van der Waals surface area contributed by atoms with Crippen LogP contribution >= 0.6 is 0 Å². The van der Waals surface area contributed by atoms with Gasteiger partial charge in [-0.15, -0.1) is 0 Å². The summed E-state index contributed by atoms with van der Waals surface area (Å²) in [5.74, 6) is -0.169. The summed E-state index contributed by atoms with van der Waals surface area (Å²) >= 11 is 0. The van der Waals surface area contributed by atoms with Crippen molar-refractivity contribution in [2.24, 2.45) is 0 Å². The second kappa shape index (κ2) is 5.61. The number of carbonyl (C=O) groups excluding carboxylic acids is 1. The number of rotatable bonds is 3. The summed E-state index contributed by atoms with van der Waals surface area (Å²) in [5.41, 5.74) is 0.122. The Kier molecular flexibility index (Phi) is 3.49. The summed E-state index contributed by atoms with van der Waals surface area (Å²) in [6.07, 6.45) is 1.49. The molecule has 2 aromatic heterocycles. The van der Waals surface area contributed by atoms with Crippen LogP contribution in [0.15, 0.2) is 64.0 Å². The lowest BCUT2D eigenvalue weighted by molar-refractivity contribution is 0.102. The maximum absolute atomic E-state index is 12.1. The Bertz CT molecular complexity index is 866. The van der Waals surface area contributed by atoms with Crippen molar-refractivity contribution >= 4 is 11.6 Å². The quantitative estimate of drug-likeness (QED) is 0.647. The number of benzene rings is 1. The molecule has 6 heteroatoms. The molecule has 0 fully saturated rings. The predicted octanol–water partition coefficient (Wildman–Crippen LogP) is 2.59. The van der Waals surface area contributed by atoms with Gasteiger partial charge in [0.15, 0.2) is 0 Å². The molecule has 2 heterocycles. The zero-order chi connectivity index (χ0) is 15.5. The number of para-hydroxylation sites is 2. The lowest BCUT2D eigenvalue weighted by Crippen LogP contribution is -2.23. The highest BCUT2D eigenvalue weighted by Gasteiger charge is 2.13. The first-order valence-corrected chi connectivity index (χ1v) is 6.52. The molecule has 0 radical (unpaired) electrons. The predicted molar refractivity (Wildman–Crippen MR) is 80.8 cm³/mol. The molecular weight excluding hydrogens is 284 g/mol. The van der Waals surface area contributed by atoms with Crippen molar-refractivity contribution in [1.82, 2.24) is 4.98 Å². The molecule has 3 rings (SSSR count). The molecule has 3 N–H and O–H groups in total. The first kappa shape index (κ1) is 13.7. The number of nitrogens with one attached hydrogen (secondary N) is 2. The molecule has 22 heavy (non-hydrogen) atoms. The second-order valence-electron chi connectivity index (χ2n) is 4.56. The van der Waals surface area contributed by atoms with E-state index in [2.05, 4.69) is 10.3 Å². The topological polar surface area (TPSA) is 95.3 Å². The number of anilines is 1. The van der Waals surface area contributed by atoms with Crippen LogP contribution in [0.25, 0.3) is 11.5 Å². The summed E-state index contributed by atoms with van der Waals surface area (Å²) in [5, 5.41) is 12.1. The highest BCUT2D eigenvalue weighted by molar-refractivity contribution is 6.04. The van der Waals surface area contributed by atoms with Gasteiger partial charge in [0.05, 0.1) is 17.6 Å². The first-order chi connectivity index (χ1) is 10.6. The summed E-state index contributed by atoms with van der Waals surface area (Å²) in [7, 11) is 0. The zero-order valence-electron chi connectivity index (χ0n) is 11.4. The summed E-state index contributed by atoms with van der Waals surface area (Å²) < 4.78 is 5.18. The normalized spacial score (nSPS) is 10.4. The van der Waals surface area contributed by atoms with Crippen molar-refractivity contribution in [3.63, 3.8) is 0 Å². The van der Waals surface area contributed by atoms with Crippen LogP contribution in [0, 0.1) is 0 Å². The Labute approximate surface area is 125 Å². The molecule has 0 unspecified atom stereocenters. The molecule has 0 spiro atoms. The Morgan fingerprint density at radius 3 is 2.59 bits per heavy atom. The second-order valence-corrected chi connectivity index (χ2v) is 4.56. The third-order valence-corrected chi connectivity index (χ3v) is 3.09. The lowest BCUT2D eigenvalue weighted by Gasteiger charge is -2.06. The number of carbonyl (C=O) groups is 1. The largest absolute Gasteiger partial charge is 0.506 e. The SMILES string of the molecule is O=C(Nc1ccccc1O)c1ccc(-c2ccco2)[nH]c1=O. The number of amides is 1. The van der Waals surface area contributed by atoms with E-state index in [1.165, 1.54) is 18.4 Å². The Hall–Kier alpha value is -3.28. The van der Waals surface area contributed by atoms with Crippen LogP contribution in [0.3, 0.4) is 0 Å². The van der Waals surface area contributed by atoms with E-state index in [1.807, 2.05) is 0 Å². The smallest absolute Gasteiger partial charge is 0.261 e. The maximum atomic E-state index is 12.1. The van der Waals surface area contributed by atoms with Crippen LogP contribution in [0.4, 0.5) is 5.69 Å². The Morgan fingerprint density at radius 2 is 1.91 bits per heavy atom. The number of phenolic OH excluding ortho intramolecular Hbond substituents is 1. The van der Waals surface area contributed by atoms with E-state index in [4.69, 9.17) is 4.42 Å². The Morgan fingerprint density at radius 1 is 1.09 bits per heavy atom. The van der Waals surface area contributed by atoms with E-state index in [0.29, 0.717) is 11.5 Å². The number of aromatic amines is 1. The monoisotopic (exact) mass is 296 g/mol. The summed E-state index contributed by atoms with van der Waals surface area (Å²) in [6.45, 7) is 0. The van der Waals surface area contributed by atoms with Crippen molar-refractivity contribution in [2.45, 2.75) is 0 Å². The molecule has 0 atom stereocenters. The Balaban J connectivity index is 1.88. The van der Waals surface area contributed by atoms with Crippen molar-refractivity contribution in [1.29, 1.82) is 0 Å². The van der Waals surface area contributed by atoms with Gasteiger partial charge in [0.1, 0.15) is 17.1 Å². The van der Waals surface area contributed by atoms with Crippen LogP contribution in [-0.4, -0.2) is 16.0 Å². The maximum Gasteiger partial charge on any atom is 0.261 e. The number of H-pyrrole nitrogens is 1. The molecule has 0 aliphatic heterocycles. The highest BCUT2D eigenvalue weighted by atomic mass is 16.3. The number of hydrogen-bond donors (Lipinski definition) is 3. The molecule has 3 aromatic rings. The number of hydrogen-bond acceptors (Lipinski definition) is 4. The van der Waals surface area contributed by atoms with Gasteiger partial charge < -0.3 is 19.8 Å². The van der Waals surface area contributed by atoms with E-state index in [9.17, 15) is 14.7 Å². The van der Waals surface area contributed by atoms with Gasteiger partial charge in [-0.05, 0) is 36.4 Å². The van der Waals surface area contributed by atoms with Gasteiger partial charge in [-0.2, -0.15) is 0 Å². The molecule has 0 saturated carbocycles. The van der Waals surface area contributed by atoms with E-state index >= 15 is 0 Å². The molecule has 0 aliphatic rings. The molecule has 110 valence electrons. The summed E-state index contributed by atoms with van der Waals surface area (Å²) in [6, 6.07) is 12.7. The van der Waals surface area contributed by atoms with Gasteiger partial charge in [-0.3, -0.25) is 9.59 Å². The zero-order valence-corrected chi connectivity index (χ0v) is 11.4. The average molecular weight is 296 g/mol. The fraction of sp³-hybridized carbons (Fsp3) is 0. The first-order valence-electron chi connectivity index (χ1n) is 6.52. The molecule has 0 saturated heterocycles. The number of aromatic nitrogens is 1.